The van der Waals surface area contributed by atoms with Crippen LogP contribution in [-0.4, -0.2) is 53.1 Å². The molecule has 1 aromatic heterocycles. The number of carbonyl (C=O) groups is 1. The maximum Gasteiger partial charge on any atom is 0.257 e. The fourth-order valence-electron chi connectivity index (χ4n) is 3.21. The third-order valence-electron chi connectivity index (χ3n) is 4.56. The Bertz CT molecular complexity index is 890. The molecule has 1 aliphatic heterocycles. The highest BCUT2D eigenvalue weighted by Crippen LogP contribution is 2.22. The molecule has 0 aliphatic carbocycles. The van der Waals surface area contributed by atoms with Crippen molar-refractivity contribution in [3.05, 3.63) is 47.5 Å². The Morgan fingerprint density at radius 3 is 2.60 bits per heavy atom. The van der Waals surface area contributed by atoms with E-state index >= 15 is 0 Å². The molecule has 1 saturated heterocycles. The second kappa shape index (κ2) is 6.59. The molecular formula is C17H20FN3O3S. The Hall–Kier alpha value is -2.22. The summed E-state index contributed by atoms with van der Waals surface area (Å²) in [6.07, 6.45) is 1.94. The predicted molar refractivity (Wildman–Crippen MR) is 92.0 cm³/mol. The molecule has 1 fully saturated rings. The van der Waals surface area contributed by atoms with E-state index in [1.54, 1.807) is 28.6 Å². The SMILES string of the molecule is CCN(C(=O)c1cnn(-c2ccc(F)cc2)c1C)C1CCS(=O)(=O)C1. The van der Waals surface area contributed by atoms with Gasteiger partial charge in [-0.2, -0.15) is 5.10 Å². The summed E-state index contributed by atoms with van der Waals surface area (Å²) >= 11 is 0. The molecule has 1 aromatic carbocycles. The Labute approximate surface area is 146 Å². The van der Waals surface area contributed by atoms with Crippen molar-refractivity contribution >= 4 is 15.7 Å². The van der Waals surface area contributed by atoms with Crippen molar-refractivity contribution in [3.63, 3.8) is 0 Å². The van der Waals surface area contributed by atoms with Crippen LogP contribution < -0.4 is 0 Å². The summed E-state index contributed by atoms with van der Waals surface area (Å²) in [5, 5.41) is 4.24. The van der Waals surface area contributed by atoms with Crippen molar-refractivity contribution in [2.24, 2.45) is 0 Å². The number of halogens is 1. The molecule has 6 nitrogen and oxygen atoms in total. The van der Waals surface area contributed by atoms with Crippen LogP contribution in [0, 0.1) is 12.7 Å². The van der Waals surface area contributed by atoms with Crippen molar-refractivity contribution in [1.29, 1.82) is 0 Å². The van der Waals surface area contributed by atoms with Gasteiger partial charge >= 0.3 is 0 Å². The summed E-state index contributed by atoms with van der Waals surface area (Å²) in [6.45, 7) is 4.03. The van der Waals surface area contributed by atoms with E-state index in [2.05, 4.69) is 5.10 Å². The van der Waals surface area contributed by atoms with Gasteiger partial charge < -0.3 is 4.90 Å². The third-order valence-corrected chi connectivity index (χ3v) is 6.31. The Kier molecular flexibility index (Phi) is 4.64. The summed E-state index contributed by atoms with van der Waals surface area (Å²) in [6, 6.07) is 5.55. The molecule has 0 N–H and O–H groups in total. The molecule has 2 heterocycles. The Morgan fingerprint density at radius 2 is 2.04 bits per heavy atom. The number of nitrogens with zero attached hydrogens (tertiary/aromatic N) is 3. The van der Waals surface area contributed by atoms with Crippen LogP contribution in [0.5, 0.6) is 0 Å². The van der Waals surface area contributed by atoms with E-state index in [0.717, 1.165) is 0 Å². The molecule has 0 bridgehead atoms. The van der Waals surface area contributed by atoms with E-state index in [4.69, 9.17) is 0 Å². The number of hydrogen-bond acceptors (Lipinski definition) is 4. The molecule has 1 unspecified atom stereocenters. The molecule has 2 aromatic rings. The predicted octanol–water partition coefficient (Wildman–Crippen LogP) is 1.97. The van der Waals surface area contributed by atoms with Crippen LogP contribution in [0.4, 0.5) is 4.39 Å². The zero-order chi connectivity index (χ0) is 18.2. The van der Waals surface area contributed by atoms with Crippen LogP contribution in [-0.2, 0) is 9.84 Å². The first-order valence-corrected chi connectivity index (χ1v) is 9.96. The average Bonchev–Trinajstić information content (AvgIpc) is 3.11. The first-order valence-electron chi connectivity index (χ1n) is 8.14. The second-order valence-electron chi connectivity index (χ2n) is 6.18. The summed E-state index contributed by atoms with van der Waals surface area (Å²) in [5.74, 6) is -0.438. The molecule has 1 amide bonds. The lowest BCUT2D eigenvalue weighted by atomic mass is 10.1. The number of carbonyl (C=O) groups excluding carboxylic acids is 1. The summed E-state index contributed by atoms with van der Waals surface area (Å²) < 4.78 is 38.1. The minimum absolute atomic E-state index is 0.0116. The van der Waals surface area contributed by atoms with Crippen LogP contribution >= 0.6 is 0 Å². The van der Waals surface area contributed by atoms with Gasteiger partial charge in [-0.1, -0.05) is 0 Å². The van der Waals surface area contributed by atoms with Crippen molar-refractivity contribution in [2.45, 2.75) is 26.3 Å². The van der Waals surface area contributed by atoms with Crippen LogP contribution in [0.15, 0.2) is 30.5 Å². The maximum absolute atomic E-state index is 13.1. The Morgan fingerprint density at radius 1 is 1.36 bits per heavy atom. The molecule has 0 spiro atoms. The largest absolute Gasteiger partial charge is 0.335 e. The lowest BCUT2D eigenvalue weighted by molar-refractivity contribution is 0.0707. The van der Waals surface area contributed by atoms with Gasteiger partial charge in [-0.05, 0) is 44.5 Å². The molecular weight excluding hydrogens is 345 g/mol. The van der Waals surface area contributed by atoms with Gasteiger partial charge in [0.05, 0.1) is 34.6 Å². The quantitative estimate of drug-likeness (QED) is 0.830. The highest BCUT2D eigenvalue weighted by Gasteiger charge is 2.35. The van der Waals surface area contributed by atoms with Crippen LogP contribution in [0.1, 0.15) is 29.4 Å². The Balaban J connectivity index is 1.88. The van der Waals surface area contributed by atoms with E-state index in [9.17, 15) is 17.6 Å². The van der Waals surface area contributed by atoms with Crippen LogP contribution in [0.3, 0.4) is 0 Å². The minimum Gasteiger partial charge on any atom is -0.335 e. The molecule has 25 heavy (non-hydrogen) atoms. The van der Waals surface area contributed by atoms with Crippen molar-refractivity contribution in [1.82, 2.24) is 14.7 Å². The smallest absolute Gasteiger partial charge is 0.257 e. The highest BCUT2D eigenvalue weighted by molar-refractivity contribution is 7.91. The minimum atomic E-state index is -3.07. The van der Waals surface area contributed by atoms with Gasteiger partial charge in [0, 0.05) is 12.6 Å². The zero-order valence-electron chi connectivity index (χ0n) is 14.1. The van der Waals surface area contributed by atoms with Gasteiger partial charge in [0.15, 0.2) is 9.84 Å². The lowest BCUT2D eigenvalue weighted by Crippen LogP contribution is -2.41. The fourth-order valence-corrected chi connectivity index (χ4v) is 4.94. The number of rotatable bonds is 4. The van der Waals surface area contributed by atoms with Gasteiger partial charge in [0.25, 0.3) is 5.91 Å². The number of sulfone groups is 1. The second-order valence-corrected chi connectivity index (χ2v) is 8.41. The molecule has 1 aliphatic rings. The molecule has 3 rings (SSSR count). The fraction of sp³-hybridized carbons (Fsp3) is 0.412. The number of benzene rings is 1. The molecule has 8 heteroatoms. The van der Waals surface area contributed by atoms with Gasteiger partial charge in [-0.25, -0.2) is 17.5 Å². The summed E-state index contributed by atoms with van der Waals surface area (Å²) in [4.78, 5) is 14.5. The lowest BCUT2D eigenvalue weighted by Gasteiger charge is -2.26. The van der Waals surface area contributed by atoms with Gasteiger partial charge in [-0.15, -0.1) is 0 Å². The third kappa shape index (κ3) is 3.44. The zero-order valence-corrected chi connectivity index (χ0v) is 15.0. The van der Waals surface area contributed by atoms with E-state index in [1.807, 2.05) is 6.92 Å². The normalized spacial score (nSPS) is 19.1. The van der Waals surface area contributed by atoms with E-state index in [1.165, 1.54) is 18.3 Å². The number of hydrogen-bond donors (Lipinski definition) is 0. The average molecular weight is 365 g/mol. The van der Waals surface area contributed by atoms with Crippen LogP contribution in [0.25, 0.3) is 5.69 Å². The van der Waals surface area contributed by atoms with Crippen LogP contribution in [0.2, 0.25) is 0 Å². The van der Waals surface area contributed by atoms with Gasteiger partial charge in [0.2, 0.25) is 0 Å². The number of aromatic nitrogens is 2. The molecule has 134 valence electrons. The monoisotopic (exact) mass is 365 g/mol. The molecule has 0 saturated carbocycles. The summed E-state index contributed by atoms with van der Waals surface area (Å²) in [7, 11) is -3.07. The standard InChI is InChI=1S/C17H20FN3O3S/c1-3-20(15-8-9-25(23,24)11-15)17(22)16-10-19-21(12(16)2)14-6-4-13(18)5-7-14/h4-7,10,15H,3,8-9,11H2,1-2H3. The first kappa shape index (κ1) is 17.6. The topological polar surface area (TPSA) is 72.3 Å². The molecule has 0 radical (unpaired) electrons. The van der Waals surface area contributed by atoms with Crippen molar-refractivity contribution < 1.29 is 17.6 Å². The maximum atomic E-state index is 13.1. The van der Waals surface area contributed by atoms with Crippen molar-refractivity contribution in [3.8, 4) is 5.69 Å². The van der Waals surface area contributed by atoms with E-state index in [-0.39, 0.29) is 29.3 Å². The van der Waals surface area contributed by atoms with Crippen molar-refractivity contribution in [2.75, 3.05) is 18.1 Å². The van der Waals surface area contributed by atoms with Gasteiger partial charge in [-0.3, -0.25) is 4.79 Å². The molecule has 1 atom stereocenters. The summed E-state index contributed by atoms with van der Waals surface area (Å²) in [5.41, 5.74) is 1.72. The van der Waals surface area contributed by atoms with E-state index < -0.39 is 9.84 Å². The number of amides is 1. The van der Waals surface area contributed by atoms with E-state index in [0.29, 0.717) is 29.9 Å². The highest BCUT2D eigenvalue weighted by atomic mass is 32.2. The first-order chi connectivity index (χ1) is 11.8. The van der Waals surface area contributed by atoms with Gasteiger partial charge in [0.1, 0.15) is 5.82 Å².